The maximum atomic E-state index is 10.8. The lowest BCUT2D eigenvalue weighted by atomic mass is 9.85. The fraction of sp³-hybridized carbons (Fsp3) is 0.917. The molecule has 0 bridgehead atoms. The Kier molecular flexibility index (Phi) is 4.01. The Labute approximate surface area is 101 Å². The Balaban J connectivity index is 1.90. The lowest BCUT2D eigenvalue weighted by Crippen LogP contribution is -2.47. The number of carbonyl (C=O) groups is 1. The molecule has 5 nitrogen and oxygen atoms in total. The number of rotatable bonds is 3. The molecule has 0 aliphatic carbocycles. The second kappa shape index (κ2) is 5.33. The highest BCUT2D eigenvalue weighted by atomic mass is 16.5. The maximum absolute atomic E-state index is 10.8. The third-order valence-corrected chi connectivity index (χ3v) is 3.60. The van der Waals surface area contributed by atoms with Gasteiger partial charge in [0.25, 0.3) is 0 Å². The molecule has 2 fully saturated rings. The fourth-order valence-corrected chi connectivity index (χ4v) is 2.54. The Morgan fingerprint density at radius 2 is 2.12 bits per heavy atom. The average Bonchev–Trinajstić information content (AvgIpc) is 2.30. The molecule has 2 aliphatic heterocycles. The summed E-state index contributed by atoms with van der Waals surface area (Å²) in [5.41, 5.74) is -0.139. The zero-order chi connectivity index (χ0) is 12.3. The molecule has 1 N–H and O–H groups in total. The second-order valence-corrected chi connectivity index (χ2v) is 4.88. The van der Waals surface area contributed by atoms with E-state index in [0.29, 0.717) is 6.61 Å². The van der Waals surface area contributed by atoms with Crippen LogP contribution in [0.25, 0.3) is 0 Å². The average molecular weight is 244 g/mol. The first-order valence-corrected chi connectivity index (χ1v) is 6.21. The largest absolute Gasteiger partial charge is 0.479 e. The molecule has 1 spiro atoms. The van der Waals surface area contributed by atoms with Crippen LogP contribution in [0.15, 0.2) is 0 Å². The summed E-state index contributed by atoms with van der Waals surface area (Å²) in [6.07, 6.45) is 2.58. The molecule has 98 valence electrons. The first-order valence-electron chi connectivity index (χ1n) is 6.21. The number of carboxylic acids is 1. The van der Waals surface area contributed by atoms with Gasteiger partial charge in [0.05, 0.1) is 11.7 Å². The second-order valence-electron chi connectivity index (χ2n) is 4.88. The van der Waals surface area contributed by atoms with E-state index in [0.717, 1.165) is 38.9 Å². The molecule has 0 amide bonds. The summed E-state index contributed by atoms with van der Waals surface area (Å²) >= 11 is 0. The number of hydrogen-bond acceptors (Lipinski definition) is 4. The van der Waals surface area contributed by atoms with Gasteiger partial charge in [-0.25, -0.2) is 4.79 Å². The van der Waals surface area contributed by atoms with E-state index >= 15 is 0 Å². The summed E-state index contributed by atoms with van der Waals surface area (Å²) in [5, 5.41) is 8.84. The quantitative estimate of drug-likeness (QED) is 0.808. The monoisotopic (exact) mass is 244 g/mol. The highest BCUT2D eigenvalue weighted by Crippen LogP contribution is 2.35. The van der Waals surface area contributed by atoms with E-state index in [2.05, 4.69) is 0 Å². The Bertz CT molecular complexity index is 267. The molecule has 0 aromatic carbocycles. The molecule has 5 heteroatoms. The third kappa shape index (κ3) is 3.18. The van der Waals surface area contributed by atoms with Crippen molar-refractivity contribution in [2.45, 2.75) is 50.4 Å². The van der Waals surface area contributed by atoms with Crippen molar-refractivity contribution in [3.05, 3.63) is 0 Å². The number of aliphatic carboxylic acids is 1. The molecule has 2 heterocycles. The van der Waals surface area contributed by atoms with Crippen LogP contribution in [0.3, 0.4) is 0 Å². The first kappa shape index (κ1) is 12.8. The van der Waals surface area contributed by atoms with Gasteiger partial charge in [-0.2, -0.15) is 0 Å². The molecule has 2 atom stereocenters. The minimum Gasteiger partial charge on any atom is -0.479 e. The summed E-state index contributed by atoms with van der Waals surface area (Å²) in [6, 6.07) is 0. The van der Waals surface area contributed by atoms with Crippen LogP contribution in [0.5, 0.6) is 0 Å². The van der Waals surface area contributed by atoms with Crippen molar-refractivity contribution in [1.29, 1.82) is 0 Å². The topological polar surface area (TPSA) is 65.0 Å². The Hall–Kier alpha value is -0.650. The van der Waals surface area contributed by atoms with Gasteiger partial charge in [-0.1, -0.05) is 0 Å². The molecule has 2 aliphatic rings. The van der Waals surface area contributed by atoms with Crippen LogP contribution in [0, 0.1) is 0 Å². The fourth-order valence-electron chi connectivity index (χ4n) is 2.54. The Morgan fingerprint density at radius 3 is 2.76 bits per heavy atom. The number of hydrogen-bond donors (Lipinski definition) is 1. The van der Waals surface area contributed by atoms with Gasteiger partial charge in [0.15, 0.2) is 6.10 Å². The summed E-state index contributed by atoms with van der Waals surface area (Å²) in [4.78, 5) is 10.8. The van der Waals surface area contributed by atoms with E-state index in [9.17, 15) is 4.79 Å². The van der Waals surface area contributed by atoms with E-state index in [1.54, 1.807) is 6.92 Å². The van der Waals surface area contributed by atoms with E-state index in [1.807, 2.05) is 0 Å². The summed E-state index contributed by atoms with van der Waals surface area (Å²) in [7, 11) is 0. The van der Waals surface area contributed by atoms with Gasteiger partial charge in [0, 0.05) is 26.2 Å². The van der Waals surface area contributed by atoms with Crippen LogP contribution in [0.4, 0.5) is 0 Å². The van der Waals surface area contributed by atoms with Gasteiger partial charge in [0.2, 0.25) is 0 Å². The zero-order valence-electron chi connectivity index (χ0n) is 10.2. The highest BCUT2D eigenvalue weighted by molar-refractivity contribution is 5.71. The van der Waals surface area contributed by atoms with Gasteiger partial charge >= 0.3 is 5.97 Å². The molecular weight excluding hydrogens is 224 g/mol. The molecule has 0 radical (unpaired) electrons. The zero-order valence-corrected chi connectivity index (χ0v) is 10.2. The van der Waals surface area contributed by atoms with E-state index in [4.69, 9.17) is 19.3 Å². The molecule has 0 aromatic rings. The lowest BCUT2D eigenvalue weighted by molar-refractivity contribution is -0.185. The van der Waals surface area contributed by atoms with Crippen molar-refractivity contribution in [1.82, 2.24) is 0 Å². The van der Waals surface area contributed by atoms with Gasteiger partial charge in [0.1, 0.15) is 0 Å². The highest BCUT2D eigenvalue weighted by Gasteiger charge is 2.40. The SMILES string of the molecule is C[C@@H](OC1CCOC2(CCOCC2)C1)C(=O)O. The van der Waals surface area contributed by atoms with E-state index in [1.165, 1.54) is 0 Å². The molecule has 0 saturated carbocycles. The van der Waals surface area contributed by atoms with Crippen molar-refractivity contribution in [2.24, 2.45) is 0 Å². The number of carboxylic acid groups (broad SMARTS) is 1. The number of ether oxygens (including phenoxy) is 3. The normalized spacial score (nSPS) is 30.1. The summed E-state index contributed by atoms with van der Waals surface area (Å²) in [5.74, 6) is -0.905. The van der Waals surface area contributed by atoms with Crippen LogP contribution in [0.1, 0.15) is 32.6 Å². The molecule has 17 heavy (non-hydrogen) atoms. The smallest absolute Gasteiger partial charge is 0.332 e. The van der Waals surface area contributed by atoms with Crippen LogP contribution >= 0.6 is 0 Å². The van der Waals surface area contributed by atoms with E-state index < -0.39 is 12.1 Å². The molecule has 2 rings (SSSR count). The van der Waals surface area contributed by atoms with Crippen LogP contribution < -0.4 is 0 Å². The Morgan fingerprint density at radius 1 is 1.41 bits per heavy atom. The summed E-state index contributed by atoms with van der Waals surface area (Å²) < 4.78 is 16.8. The summed E-state index contributed by atoms with van der Waals surface area (Å²) in [6.45, 7) is 3.67. The molecular formula is C12H20O5. The molecule has 1 unspecified atom stereocenters. The van der Waals surface area contributed by atoms with Crippen molar-refractivity contribution >= 4 is 5.97 Å². The van der Waals surface area contributed by atoms with Gasteiger partial charge in [-0.05, 0) is 26.2 Å². The van der Waals surface area contributed by atoms with Gasteiger partial charge in [-0.15, -0.1) is 0 Å². The van der Waals surface area contributed by atoms with Gasteiger partial charge in [-0.3, -0.25) is 0 Å². The predicted octanol–water partition coefficient (Wildman–Crippen LogP) is 1.20. The van der Waals surface area contributed by atoms with Crippen LogP contribution in [-0.4, -0.2) is 48.7 Å². The maximum Gasteiger partial charge on any atom is 0.332 e. The van der Waals surface area contributed by atoms with Crippen LogP contribution in [0.2, 0.25) is 0 Å². The first-order chi connectivity index (χ1) is 8.11. The van der Waals surface area contributed by atoms with Crippen molar-refractivity contribution in [2.75, 3.05) is 19.8 Å². The third-order valence-electron chi connectivity index (χ3n) is 3.60. The predicted molar refractivity (Wildman–Crippen MR) is 59.9 cm³/mol. The van der Waals surface area contributed by atoms with Crippen LogP contribution in [-0.2, 0) is 19.0 Å². The standard InChI is InChI=1S/C12H20O5/c1-9(11(13)14)17-10-2-5-16-12(8-10)3-6-15-7-4-12/h9-10H,2-8H2,1H3,(H,13,14)/t9-,10?/m1/s1. The van der Waals surface area contributed by atoms with E-state index in [-0.39, 0.29) is 11.7 Å². The minimum atomic E-state index is -0.905. The van der Waals surface area contributed by atoms with Crippen molar-refractivity contribution in [3.8, 4) is 0 Å². The lowest BCUT2D eigenvalue weighted by Gasteiger charge is -2.43. The molecule has 2 saturated heterocycles. The molecule has 0 aromatic heterocycles. The van der Waals surface area contributed by atoms with Crippen molar-refractivity contribution < 1.29 is 24.1 Å². The van der Waals surface area contributed by atoms with Gasteiger partial charge < -0.3 is 19.3 Å². The minimum absolute atomic E-state index is 0.00653. The van der Waals surface area contributed by atoms with Crippen molar-refractivity contribution in [3.63, 3.8) is 0 Å².